The van der Waals surface area contributed by atoms with Gasteiger partial charge in [0.1, 0.15) is 0 Å². The molecule has 0 saturated carbocycles. The van der Waals surface area contributed by atoms with Crippen molar-refractivity contribution in [2.45, 2.75) is 13.3 Å². The molecule has 3 nitrogen and oxygen atoms in total. The number of allylic oxidation sites excluding steroid dienone is 5. The fourth-order valence-corrected chi connectivity index (χ4v) is 6.21. The van der Waals surface area contributed by atoms with E-state index in [0.717, 1.165) is 29.1 Å². The number of benzene rings is 1. The number of aryl methyl sites for hydroxylation is 1. The minimum absolute atomic E-state index is 0.361. The van der Waals surface area contributed by atoms with Crippen molar-refractivity contribution in [3.8, 4) is 16.9 Å². The van der Waals surface area contributed by atoms with E-state index in [4.69, 9.17) is 4.98 Å². The molecule has 4 heterocycles. The summed E-state index contributed by atoms with van der Waals surface area (Å²) < 4.78 is 7.07. The van der Waals surface area contributed by atoms with Crippen LogP contribution in [0.1, 0.15) is 22.5 Å². The quantitative estimate of drug-likeness (QED) is 0.349. The zero-order valence-corrected chi connectivity index (χ0v) is 19.9. The van der Waals surface area contributed by atoms with Crippen molar-refractivity contribution in [1.29, 1.82) is 0 Å². The molecule has 2 aliphatic rings. The van der Waals surface area contributed by atoms with Gasteiger partial charge in [0.15, 0.2) is 0 Å². The van der Waals surface area contributed by atoms with Crippen LogP contribution in [0.3, 0.4) is 0 Å². The Balaban J connectivity index is 1.66. The summed E-state index contributed by atoms with van der Waals surface area (Å²) in [5.41, 5.74) is 9.57. The van der Waals surface area contributed by atoms with Gasteiger partial charge < -0.3 is 0 Å². The number of hydrogen-bond acceptors (Lipinski definition) is 2. The predicted octanol–water partition coefficient (Wildman–Crippen LogP) is 5.61. The molecule has 153 valence electrons. The molecule has 0 unspecified atom stereocenters. The van der Waals surface area contributed by atoms with Gasteiger partial charge in [-0.2, -0.15) is 0 Å². The molecule has 4 heteroatoms. The third-order valence-electron chi connectivity index (χ3n) is 5.97. The molecule has 0 bridgehead atoms. The van der Waals surface area contributed by atoms with Crippen LogP contribution >= 0.6 is 0 Å². The van der Waals surface area contributed by atoms with E-state index in [0.29, 0.717) is 0 Å². The first-order valence-corrected chi connectivity index (χ1v) is 13.3. The third kappa shape index (κ3) is 3.35. The molecule has 4 aromatic rings. The normalized spacial score (nSPS) is 14.1. The molecular formula is C28H21N3Nb. The van der Waals surface area contributed by atoms with Crippen LogP contribution in [0.25, 0.3) is 39.5 Å². The summed E-state index contributed by atoms with van der Waals surface area (Å²) in [4.78, 5) is 9.55. The molecule has 0 N–H and O–H groups in total. The number of nitrogens with zero attached hydrogens (tertiary/aromatic N) is 3. The maximum atomic E-state index is 5.19. The Morgan fingerprint density at radius 3 is 2.84 bits per heavy atom. The Labute approximate surface area is 195 Å². The number of pyridine rings is 2. The monoisotopic (exact) mass is 492 g/mol. The Morgan fingerprint density at radius 2 is 2.00 bits per heavy atom. The Kier molecular flexibility index (Phi) is 4.88. The van der Waals surface area contributed by atoms with Gasteiger partial charge in [0.2, 0.25) is 0 Å². The van der Waals surface area contributed by atoms with Gasteiger partial charge >= 0.3 is 196 Å². The number of hydrogen-bond donors (Lipinski definition) is 0. The van der Waals surface area contributed by atoms with Crippen molar-refractivity contribution in [2.24, 2.45) is 0 Å². The Morgan fingerprint density at radius 1 is 1.03 bits per heavy atom. The van der Waals surface area contributed by atoms with Crippen LogP contribution in [0.4, 0.5) is 0 Å². The van der Waals surface area contributed by atoms with Gasteiger partial charge in [0, 0.05) is 0 Å². The molecular weight excluding hydrogens is 471 g/mol. The zero-order valence-electron chi connectivity index (χ0n) is 17.7. The maximum absolute atomic E-state index is 5.19. The van der Waals surface area contributed by atoms with Gasteiger partial charge in [0.05, 0.1) is 0 Å². The molecule has 0 atom stereocenters. The van der Waals surface area contributed by atoms with Crippen molar-refractivity contribution in [1.82, 2.24) is 14.5 Å². The number of fused-ring (bicyclic) bond motifs is 3. The fraction of sp³-hybridized carbons (Fsp3) is 0.0714. The van der Waals surface area contributed by atoms with Gasteiger partial charge in [-0.1, -0.05) is 0 Å². The molecule has 0 radical (unpaired) electrons. The second kappa shape index (κ2) is 8.03. The van der Waals surface area contributed by atoms with Crippen molar-refractivity contribution in [3.63, 3.8) is 0 Å². The SMILES string of the molecule is Cc1ccc2c(c1)c1c(n2-c2cc(-c3cccnc3)cc(C3=C[CH]=[Nb]=[CH]3)n2)CC=CC=C1. The standard InChI is InChI=1S/C28H21N3.Nb/c1-4-20(3)25-16-22(21-9-8-14-29-18-21)17-28(30-25)31-26-11-7-5-6-10-23(26)24-15-19(2)12-13-27(24)31;/h1,3-10,12-18H,11H2,2H3;. The molecule has 1 aromatic carbocycles. The van der Waals surface area contributed by atoms with Crippen molar-refractivity contribution in [2.75, 3.05) is 0 Å². The van der Waals surface area contributed by atoms with Crippen LogP contribution in [0.5, 0.6) is 0 Å². The van der Waals surface area contributed by atoms with Crippen molar-refractivity contribution >= 4 is 31.0 Å². The molecule has 1 aliphatic carbocycles. The molecule has 6 rings (SSSR count). The first-order chi connectivity index (χ1) is 15.8. The summed E-state index contributed by atoms with van der Waals surface area (Å²) in [6.07, 6.45) is 15.6. The van der Waals surface area contributed by atoms with Crippen LogP contribution in [0, 0.1) is 6.92 Å². The second-order valence-electron chi connectivity index (χ2n) is 8.10. The topological polar surface area (TPSA) is 30.7 Å². The Hall–Kier alpha value is -3.24. The molecule has 0 spiro atoms. The summed E-state index contributed by atoms with van der Waals surface area (Å²) in [6, 6.07) is 15.2. The van der Waals surface area contributed by atoms with Crippen LogP contribution in [0.15, 0.2) is 79.2 Å². The predicted molar refractivity (Wildman–Crippen MR) is 131 cm³/mol. The van der Waals surface area contributed by atoms with Gasteiger partial charge in [-0.3, -0.25) is 0 Å². The second-order valence-corrected chi connectivity index (χ2v) is 10.2. The minimum atomic E-state index is -0.361. The van der Waals surface area contributed by atoms with Gasteiger partial charge in [-0.25, -0.2) is 0 Å². The Bertz CT molecular complexity index is 1530. The van der Waals surface area contributed by atoms with Gasteiger partial charge in [-0.15, -0.1) is 0 Å². The fourth-order valence-electron chi connectivity index (χ4n) is 4.46. The zero-order chi connectivity index (χ0) is 21.5. The van der Waals surface area contributed by atoms with Crippen LogP contribution in [-0.4, -0.2) is 23.0 Å². The van der Waals surface area contributed by atoms with Crippen molar-refractivity contribution < 1.29 is 18.8 Å². The average molecular weight is 492 g/mol. The van der Waals surface area contributed by atoms with Crippen LogP contribution in [0.2, 0.25) is 0 Å². The van der Waals surface area contributed by atoms with E-state index < -0.39 is 0 Å². The molecule has 0 saturated heterocycles. The van der Waals surface area contributed by atoms with E-state index in [1.807, 2.05) is 18.5 Å². The first kappa shape index (κ1) is 19.4. The molecule has 0 fully saturated rings. The van der Waals surface area contributed by atoms with E-state index >= 15 is 0 Å². The van der Waals surface area contributed by atoms with Crippen LogP contribution < -0.4 is 0 Å². The third-order valence-corrected chi connectivity index (χ3v) is 7.81. The summed E-state index contributed by atoms with van der Waals surface area (Å²) >= 11 is -0.361. The van der Waals surface area contributed by atoms with E-state index in [1.165, 1.54) is 33.3 Å². The van der Waals surface area contributed by atoms with E-state index in [2.05, 4.69) is 91.7 Å². The summed E-state index contributed by atoms with van der Waals surface area (Å²) in [6.45, 7) is 2.16. The molecule has 3 aromatic heterocycles. The van der Waals surface area contributed by atoms with Crippen LogP contribution in [-0.2, 0) is 25.2 Å². The van der Waals surface area contributed by atoms with Crippen molar-refractivity contribution in [3.05, 3.63) is 102 Å². The number of aromatic nitrogens is 3. The molecule has 0 amide bonds. The molecule has 32 heavy (non-hydrogen) atoms. The summed E-state index contributed by atoms with van der Waals surface area (Å²) in [7, 11) is 0. The molecule has 1 aliphatic heterocycles. The van der Waals surface area contributed by atoms with E-state index in [-0.39, 0.29) is 18.8 Å². The number of rotatable bonds is 3. The summed E-state index contributed by atoms with van der Waals surface area (Å²) in [5.74, 6) is 0.962. The average Bonchev–Trinajstić information content (AvgIpc) is 3.39. The first-order valence-electron chi connectivity index (χ1n) is 10.7. The van der Waals surface area contributed by atoms with Gasteiger partial charge in [-0.05, 0) is 0 Å². The van der Waals surface area contributed by atoms with Gasteiger partial charge in [0.25, 0.3) is 0 Å². The van der Waals surface area contributed by atoms with E-state index in [1.54, 1.807) is 0 Å². The summed E-state index contributed by atoms with van der Waals surface area (Å²) in [5, 5.41) is 1.28. The van der Waals surface area contributed by atoms with E-state index in [9.17, 15) is 0 Å².